The molecule has 1 fully saturated rings. The van der Waals surface area contributed by atoms with Crippen LogP contribution in [0.15, 0.2) is 18.2 Å². The van der Waals surface area contributed by atoms with Crippen molar-refractivity contribution >= 4 is 11.6 Å². The maximum Gasteiger partial charge on any atom is 0.254 e. The molecule has 0 radical (unpaired) electrons. The summed E-state index contributed by atoms with van der Waals surface area (Å²) >= 11 is 0. The van der Waals surface area contributed by atoms with Gasteiger partial charge in [0.2, 0.25) is 0 Å². The third-order valence-electron chi connectivity index (χ3n) is 2.98. The van der Waals surface area contributed by atoms with Gasteiger partial charge in [0, 0.05) is 17.8 Å². The molecule has 0 spiro atoms. The number of nitrogen functional groups attached to an aromatic ring is 1. The standard InChI is InChI=1S/C13H18N2O2/c1-9-5-11(7-12(14)6-9)13(16)15-3-4-17-8-10(15)2/h5-7,10H,3-4,8,14H2,1-2H3. The Hall–Kier alpha value is -1.55. The van der Waals surface area contributed by atoms with Crippen molar-refractivity contribution in [2.45, 2.75) is 19.9 Å². The lowest BCUT2D eigenvalue weighted by Gasteiger charge is -2.33. The molecule has 0 saturated carbocycles. The zero-order valence-electron chi connectivity index (χ0n) is 10.3. The highest BCUT2D eigenvalue weighted by Gasteiger charge is 2.24. The molecule has 2 N–H and O–H groups in total. The molecular weight excluding hydrogens is 216 g/mol. The first-order valence-corrected chi connectivity index (χ1v) is 5.84. The van der Waals surface area contributed by atoms with Crippen molar-refractivity contribution in [3.05, 3.63) is 29.3 Å². The van der Waals surface area contributed by atoms with Crippen LogP contribution >= 0.6 is 0 Å². The molecule has 2 rings (SSSR count). The Labute approximate surface area is 101 Å². The van der Waals surface area contributed by atoms with Crippen molar-refractivity contribution in [3.8, 4) is 0 Å². The maximum atomic E-state index is 12.3. The van der Waals surface area contributed by atoms with Gasteiger partial charge in [0.25, 0.3) is 5.91 Å². The molecule has 1 aliphatic rings. The van der Waals surface area contributed by atoms with Crippen molar-refractivity contribution in [1.82, 2.24) is 4.90 Å². The predicted octanol–water partition coefficient (Wildman–Crippen LogP) is 1.44. The van der Waals surface area contributed by atoms with Gasteiger partial charge in [-0.3, -0.25) is 4.79 Å². The molecule has 1 unspecified atom stereocenters. The number of carbonyl (C=O) groups excluding carboxylic acids is 1. The SMILES string of the molecule is Cc1cc(N)cc(C(=O)N2CCOCC2C)c1. The minimum absolute atomic E-state index is 0.0381. The number of ether oxygens (including phenoxy) is 1. The summed E-state index contributed by atoms with van der Waals surface area (Å²) in [6.45, 7) is 5.80. The summed E-state index contributed by atoms with van der Waals surface area (Å²) in [5.74, 6) is 0.0381. The summed E-state index contributed by atoms with van der Waals surface area (Å²) < 4.78 is 5.33. The number of carbonyl (C=O) groups is 1. The van der Waals surface area contributed by atoms with Crippen molar-refractivity contribution in [2.75, 3.05) is 25.5 Å². The fourth-order valence-corrected chi connectivity index (χ4v) is 2.13. The van der Waals surface area contributed by atoms with Gasteiger partial charge in [-0.2, -0.15) is 0 Å². The molecule has 92 valence electrons. The van der Waals surface area contributed by atoms with E-state index >= 15 is 0 Å². The molecule has 0 bridgehead atoms. The number of benzene rings is 1. The van der Waals surface area contributed by atoms with Crippen LogP contribution in [0.25, 0.3) is 0 Å². The molecule has 1 amide bonds. The fourth-order valence-electron chi connectivity index (χ4n) is 2.13. The molecule has 1 heterocycles. The molecule has 1 aromatic rings. The lowest BCUT2D eigenvalue weighted by atomic mass is 10.1. The van der Waals surface area contributed by atoms with E-state index in [1.807, 2.05) is 30.9 Å². The number of anilines is 1. The van der Waals surface area contributed by atoms with E-state index < -0.39 is 0 Å². The first-order valence-electron chi connectivity index (χ1n) is 5.84. The Bertz CT molecular complexity index is 411. The summed E-state index contributed by atoms with van der Waals surface area (Å²) in [7, 11) is 0. The van der Waals surface area contributed by atoms with E-state index in [-0.39, 0.29) is 11.9 Å². The van der Waals surface area contributed by atoms with E-state index in [0.717, 1.165) is 5.56 Å². The molecule has 4 heteroatoms. The number of nitrogens with two attached hydrogens (primary N) is 1. The number of rotatable bonds is 1. The lowest BCUT2D eigenvalue weighted by molar-refractivity contribution is 0.00359. The Kier molecular flexibility index (Phi) is 3.33. The highest BCUT2D eigenvalue weighted by molar-refractivity contribution is 5.95. The van der Waals surface area contributed by atoms with Crippen LogP contribution in [0.3, 0.4) is 0 Å². The number of hydrogen-bond acceptors (Lipinski definition) is 3. The van der Waals surface area contributed by atoms with Gasteiger partial charge >= 0.3 is 0 Å². The van der Waals surface area contributed by atoms with Crippen LogP contribution in [-0.2, 0) is 4.74 Å². The zero-order chi connectivity index (χ0) is 12.4. The van der Waals surface area contributed by atoms with Crippen LogP contribution in [0.5, 0.6) is 0 Å². The smallest absolute Gasteiger partial charge is 0.254 e. The number of amides is 1. The number of morpholine rings is 1. The third kappa shape index (κ3) is 2.58. The van der Waals surface area contributed by atoms with Gasteiger partial charge in [-0.25, -0.2) is 0 Å². The largest absolute Gasteiger partial charge is 0.399 e. The van der Waals surface area contributed by atoms with E-state index in [4.69, 9.17) is 10.5 Å². The number of nitrogens with zero attached hydrogens (tertiary/aromatic N) is 1. The highest BCUT2D eigenvalue weighted by Crippen LogP contribution is 2.16. The molecule has 0 aliphatic carbocycles. The molecular formula is C13H18N2O2. The second kappa shape index (κ2) is 4.75. The summed E-state index contributed by atoms with van der Waals surface area (Å²) in [6.07, 6.45) is 0. The van der Waals surface area contributed by atoms with E-state index in [1.54, 1.807) is 6.07 Å². The van der Waals surface area contributed by atoms with E-state index in [0.29, 0.717) is 31.0 Å². The normalized spacial score (nSPS) is 20.4. The molecule has 1 saturated heterocycles. The van der Waals surface area contributed by atoms with Crippen LogP contribution in [-0.4, -0.2) is 36.6 Å². The summed E-state index contributed by atoms with van der Waals surface area (Å²) in [5, 5.41) is 0. The van der Waals surface area contributed by atoms with Crippen molar-refractivity contribution < 1.29 is 9.53 Å². The average molecular weight is 234 g/mol. The lowest BCUT2D eigenvalue weighted by Crippen LogP contribution is -2.47. The van der Waals surface area contributed by atoms with E-state index in [1.165, 1.54) is 0 Å². The molecule has 0 aromatic heterocycles. The minimum Gasteiger partial charge on any atom is -0.399 e. The highest BCUT2D eigenvalue weighted by atomic mass is 16.5. The summed E-state index contributed by atoms with van der Waals surface area (Å²) in [6, 6.07) is 5.59. The molecule has 1 aromatic carbocycles. The first kappa shape index (κ1) is 11.9. The zero-order valence-corrected chi connectivity index (χ0v) is 10.3. The first-order chi connectivity index (χ1) is 8.08. The molecule has 1 atom stereocenters. The Balaban J connectivity index is 2.23. The molecule has 1 aliphatic heterocycles. The van der Waals surface area contributed by atoms with Crippen LogP contribution < -0.4 is 5.73 Å². The van der Waals surface area contributed by atoms with Gasteiger partial charge in [0.15, 0.2) is 0 Å². The minimum atomic E-state index is 0.0381. The van der Waals surface area contributed by atoms with Crippen LogP contribution in [0.1, 0.15) is 22.8 Å². The molecule has 4 nitrogen and oxygen atoms in total. The maximum absolute atomic E-state index is 12.3. The van der Waals surface area contributed by atoms with Crippen molar-refractivity contribution in [1.29, 1.82) is 0 Å². The summed E-state index contributed by atoms with van der Waals surface area (Å²) in [4.78, 5) is 14.2. The third-order valence-corrected chi connectivity index (χ3v) is 2.98. The fraction of sp³-hybridized carbons (Fsp3) is 0.462. The van der Waals surface area contributed by atoms with Gasteiger partial charge < -0.3 is 15.4 Å². The summed E-state index contributed by atoms with van der Waals surface area (Å²) in [5.41, 5.74) is 8.07. The van der Waals surface area contributed by atoms with Crippen molar-refractivity contribution in [3.63, 3.8) is 0 Å². The number of hydrogen-bond donors (Lipinski definition) is 1. The Morgan fingerprint density at radius 1 is 1.47 bits per heavy atom. The second-order valence-corrected chi connectivity index (χ2v) is 4.55. The average Bonchev–Trinajstić information content (AvgIpc) is 2.27. The predicted molar refractivity (Wildman–Crippen MR) is 66.9 cm³/mol. The van der Waals surface area contributed by atoms with Crippen LogP contribution in [0.2, 0.25) is 0 Å². The monoisotopic (exact) mass is 234 g/mol. The van der Waals surface area contributed by atoms with Gasteiger partial charge in [-0.15, -0.1) is 0 Å². The van der Waals surface area contributed by atoms with E-state index in [2.05, 4.69) is 0 Å². The van der Waals surface area contributed by atoms with Gasteiger partial charge in [-0.1, -0.05) is 0 Å². The van der Waals surface area contributed by atoms with E-state index in [9.17, 15) is 4.79 Å². The topological polar surface area (TPSA) is 55.6 Å². The van der Waals surface area contributed by atoms with Gasteiger partial charge in [0.1, 0.15) is 0 Å². The Morgan fingerprint density at radius 3 is 2.88 bits per heavy atom. The second-order valence-electron chi connectivity index (χ2n) is 4.55. The quantitative estimate of drug-likeness (QED) is 0.748. The van der Waals surface area contributed by atoms with Crippen LogP contribution in [0.4, 0.5) is 5.69 Å². The van der Waals surface area contributed by atoms with Gasteiger partial charge in [0.05, 0.1) is 19.3 Å². The molecule has 17 heavy (non-hydrogen) atoms. The number of aryl methyl sites for hydroxylation is 1. The van der Waals surface area contributed by atoms with Crippen molar-refractivity contribution in [2.24, 2.45) is 0 Å². The van der Waals surface area contributed by atoms with Crippen LogP contribution in [0, 0.1) is 6.92 Å². The Morgan fingerprint density at radius 2 is 2.24 bits per heavy atom. The van der Waals surface area contributed by atoms with Gasteiger partial charge in [-0.05, 0) is 37.6 Å².